The number of halogens is 2. The molecule has 5 heteroatoms. The minimum Gasteiger partial charge on any atom is -0.352 e. The van der Waals surface area contributed by atoms with Crippen LogP contribution in [0, 0.1) is 5.82 Å². The Morgan fingerprint density at radius 1 is 1.24 bits per heavy atom. The zero-order chi connectivity index (χ0) is 15.0. The van der Waals surface area contributed by atoms with Crippen molar-refractivity contribution in [1.82, 2.24) is 5.32 Å². The molecule has 0 saturated carbocycles. The topological polar surface area (TPSA) is 46.2 Å². The first-order valence-corrected chi connectivity index (χ1v) is 6.85. The monoisotopic (exact) mass is 303 g/mol. The van der Waals surface area contributed by atoms with Crippen LogP contribution in [-0.2, 0) is 6.42 Å². The molecule has 106 valence electrons. The van der Waals surface area contributed by atoms with E-state index in [1.54, 1.807) is 12.1 Å². The van der Waals surface area contributed by atoms with Crippen molar-refractivity contribution in [2.75, 3.05) is 6.54 Å². The minimum atomic E-state index is -0.641. The van der Waals surface area contributed by atoms with Gasteiger partial charge in [-0.2, -0.15) is 0 Å². The van der Waals surface area contributed by atoms with Gasteiger partial charge in [-0.3, -0.25) is 9.59 Å². The third-order valence-corrected chi connectivity index (χ3v) is 3.88. The highest BCUT2D eigenvalue weighted by atomic mass is 35.5. The Kier molecular flexibility index (Phi) is 3.47. The zero-order valence-corrected chi connectivity index (χ0v) is 11.7. The maximum absolute atomic E-state index is 13.4. The second-order valence-electron chi connectivity index (χ2n) is 4.81. The summed E-state index contributed by atoms with van der Waals surface area (Å²) in [5.41, 5.74) is 1.80. The van der Waals surface area contributed by atoms with Crippen LogP contribution >= 0.6 is 11.6 Å². The van der Waals surface area contributed by atoms with Crippen molar-refractivity contribution in [3.05, 3.63) is 69.5 Å². The molecular weight excluding hydrogens is 293 g/mol. The number of benzene rings is 2. The quantitative estimate of drug-likeness (QED) is 0.867. The number of fused-ring (bicyclic) bond motifs is 1. The van der Waals surface area contributed by atoms with Gasteiger partial charge in [0.15, 0.2) is 5.78 Å². The first-order valence-electron chi connectivity index (χ1n) is 6.48. The van der Waals surface area contributed by atoms with Crippen molar-refractivity contribution in [1.29, 1.82) is 0 Å². The van der Waals surface area contributed by atoms with Gasteiger partial charge in [-0.1, -0.05) is 29.8 Å². The number of hydrogen-bond acceptors (Lipinski definition) is 2. The number of carbonyl (C=O) groups is 2. The molecule has 0 bridgehead atoms. The Hall–Kier alpha value is -2.20. The van der Waals surface area contributed by atoms with E-state index in [1.807, 2.05) is 0 Å². The normalized spacial score (nSPS) is 13.5. The molecule has 0 aromatic heterocycles. The summed E-state index contributed by atoms with van der Waals surface area (Å²) < 4.78 is 13.4. The number of nitrogens with one attached hydrogen (secondary N) is 1. The van der Waals surface area contributed by atoms with E-state index in [-0.39, 0.29) is 16.5 Å². The Morgan fingerprint density at radius 3 is 2.86 bits per heavy atom. The van der Waals surface area contributed by atoms with Gasteiger partial charge in [-0.25, -0.2) is 4.39 Å². The first kappa shape index (κ1) is 13.8. The predicted molar refractivity (Wildman–Crippen MR) is 77.3 cm³/mol. The fourth-order valence-electron chi connectivity index (χ4n) is 2.39. The van der Waals surface area contributed by atoms with E-state index in [4.69, 9.17) is 11.6 Å². The summed E-state index contributed by atoms with van der Waals surface area (Å²) >= 11 is 5.83. The molecule has 2 aromatic carbocycles. The smallest absolute Gasteiger partial charge is 0.251 e. The molecule has 1 aliphatic rings. The SMILES string of the molecule is O=C1NCCc2ccc(C(=O)c3cccc(F)c3Cl)cc21. The summed E-state index contributed by atoms with van der Waals surface area (Å²) in [5.74, 6) is -1.24. The molecule has 3 nitrogen and oxygen atoms in total. The first-order chi connectivity index (χ1) is 10.1. The molecule has 1 amide bonds. The molecule has 2 aromatic rings. The van der Waals surface area contributed by atoms with Crippen LogP contribution in [0.25, 0.3) is 0 Å². The van der Waals surface area contributed by atoms with Crippen LogP contribution in [0.15, 0.2) is 36.4 Å². The maximum Gasteiger partial charge on any atom is 0.251 e. The lowest BCUT2D eigenvalue weighted by molar-refractivity contribution is 0.0946. The van der Waals surface area contributed by atoms with E-state index in [1.165, 1.54) is 24.3 Å². The summed E-state index contributed by atoms with van der Waals surface area (Å²) in [6.07, 6.45) is 0.732. The van der Waals surface area contributed by atoms with Gasteiger partial charge in [0.25, 0.3) is 5.91 Å². The summed E-state index contributed by atoms with van der Waals surface area (Å²) in [4.78, 5) is 24.2. The maximum atomic E-state index is 13.4. The lowest BCUT2D eigenvalue weighted by atomic mass is 9.94. The van der Waals surface area contributed by atoms with Gasteiger partial charge in [0.05, 0.1) is 5.02 Å². The van der Waals surface area contributed by atoms with Crippen molar-refractivity contribution in [2.45, 2.75) is 6.42 Å². The summed E-state index contributed by atoms with van der Waals surface area (Å²) in [6.45, 7) is 0.592. The van der Waals surface area contributed by atoms with Crippen molar-refractivity contribution in [3.63, 3.8) is 0 Å². The third kappa shape index (κ3) is 2.43. The Balaban J connectivity index is 2.05. The molecular formula is C16H11ClFNO2. The highest BCUT2D eigenvalue weighted by Crippen LogP contribution is 2.24. The Labute approximate surface area is 125 Å². The highest BCUT2D eigenvalue weighted by Gasteiger charge is 2.20. The average Bonchev–Trinajstić information content (AvgIpc) is 2.49. The number of amides is 1. The second kappa shape index (κ2) is 5.30. The van der Waals surface area contributed by atoms with Gasteiger partial charge in [-0.15, -0.1) is 0 Å². The van der Waals surface area contributed by atoms with E-state index in [0.717, 1.165) is 12.0 Å². The number of hydrogen-bond donors (Lipinski definition) is 1. The Morgan fingerprint density at radius 2 is 2.05 bits per heavy atom. The number of ketones is 1. The van der Waals surface area contributed by atoms with Crippen LogP contribution in [-0.4, -0.2) is 18.2 Å². The lowest BCUT2D eigenvalue weighted by Crippen LogP contribution is -2.32. The molecule has 0 unspecified atom stereocenters. The molecule has 0 atom stereocenters. The van der Waals surface area contributed by atoms with Gasteiger partial charge >= 0.3 is 0 Å². The third-order valence-electron chi connectivity index (χ3n) is 3.49. The van der Waals surface area contributed by atoms with E-state index in [0.29, 0.717) is 17.7 Å². The fourth-order valence-corrected chi connectivity index (χ4v) is 2.60. The molecule has 0 aliphatic carbocycles. The van der Waals surface area contributed by atoms with Gasteiger partial charge < -0.3 is 5.32 Å². The average molecular weight is 304 g/mol. The van der Waals surface area contributed by atoms with Crippen LogP contribution in [0.5, 0.6) is 0 Å². The molecule has 0 spiro atoms. The second-order valence-corrected chi connectivity index (χ2v) is 5.19. The molecule has 0 saturated heterocycles. The molecule has 1 heterocycles. The summed E-state index contributed by atoms with van der Waals surface area (Å²) in [7, 11) is 0. The predicted octanol–water partition coefficient (Wildman–Crippen LogP) is 3.00. The molecule has 21 heavy (non-hydrogen) atoms. The van der Waals surface area contributed by atoms with Crippen LogP contribution in [0.2, 0.25) is 5.02 Å². The lowest BCUT2D eigenvalue weighted by Gasteiger charge is -2.17. The number of carbonyl (C=O) groups excluding carboxylic acids is 2. The molecule has 3 rings (SSSR count). The van der Waals surface area contributed by atoms with E-state index in [2.05, 4.69) is 5.32 Å². The van der Waals surface area contributed by atoms with Gasteiger partial charge in [0.1, 0.15) is 5.82 Å². The van der Waals surface area contributed by atoms with Crippen molar-refractivity contribution < 1.29 is 14.0 Å². The molecule has 1 N–H and O–H groups in total. The van der Waals surface area contributed by atoms with E-state index < -0.39 is 11.6 Å². The molecule has 0 fully saturated rings. The fraction of sp³-hybridized carbons (Fsp3) is 0.125. The van der Waals surface area contributed by atoms with E-state index in [9.17, 15) is 14.0 Å². The molecule has 1 aliphatic heterocycles. The van der Waals surface area contributed by atoms with Gasteiger partial charge in [0.2, 0.25) is 0 Å². The van der Waals surface area contributed by atoms with Crippen LogP contribution in [0.4, 0.5) is 4.39 Å². The van der Waals surface area contributed by atoms with Crippen molar-refractivity contribution in [2.24, 2.45) is 0 Å². The summed E-state index contributed by atoms with van der Waals surface area (Å²) in [6, 6.07) is 9.02. The minimum absolute atomic E-state index is 0.0906. The van der Waals surface area contributed by atoms with Crippen molar-refractivity contribution in [3.8, 4) is 0 Å². The van der Waals surface area contributed by atoms with Crippen molar-refractivity contribution >= 4 is 23.3 Å². The highest BCUT2D eigenvalue weighted by molar-refractivity contribution is 6.35. The van der Waals surface area contributed by atoms with Crippen LogP contribution in [0.1, 0.15) is 31.8 Å². The van der Waals surface area contributed by atoms with Crippen LogP contribution in [0.3, 0.4) is 0 Å². The largest absolute Gasteiger partial charge is 0.352 e. The molecule has 0 radical (unpaired) electrons. The zero-order valence-electron chi connectivity index (χ0n) is 11.0. The van der Waals surface area contributed by atoms with Gasteiger partial charge in [-0.05, 0) is 30.2 Å². The van der Waals surface area contributed by atoms with E-state index >= 15 is 0 Å². The Bertz CT molecular complexity index is 758. The summed E-state index contributed by atoms with van der Waals surface area (Å²) in [5, 5.41) is 2.52. The number of rotatable bonds is 2. The van der Waals surface area contributed by atoms with Gasteiger partial charge in [0, 0.05) is 23.2 Å². The van der Waals surface area contributed by atoms with Crippen LogP contribution < -0.4 is 5.32 Å². The standard InChI is InChI=1S/C16H11ClFNO2/c17-14-11(2-1-3-13(14)18)15(20)10-5-4-9-6-7-19-16(21)12(9)8-10/h1-5,8H,6-7H2,(H,19,21).